The van der Waals surface area contributed by atoms with Gasteiger partial charge in [0.2, 0.25) is 5.91 Å². The second-order valence-electron chi connectivity index (χ2n) is 7.67. The summed E-state index contributed by atoms with van der Waals surface area (Å²) in [5.74, 6) is -0.565. The summed E-state index contributed by atoms with van der Waals surface area (Å²) >= 11 is 6.34. The van der Waals surface area contributed by atoms with Crippen molar-refractivity contribution >= 4 is 35.0 Å². The molecular weight excluding hydrogens is 414 g/mol. The zero-order valence-corrected chi connectivity index (χ0v) is 19.2. The summed E-state index contributed by atoms with van der Waals surface area (Å²) in [6.07, 6.45) is 0.324. The van der Waals surface area contributed by atoms with Crippen LogP contribution in [0.25, 0.3) is 0 Å². The van der Waals surface area contributed by atoms with E-state index >= 15 is 0 Å². The van der Waals surface area contributed by atoms with Crippen LogP contribution in [0, 0.1) is 5.92 Å². The summed E-state index contributed by atoms with van der Waals surface area (Å²) < 4.78 is 0. The van der Waals surface area contributed by atoms with Crippen LogP contribution >= 0.6 is 11.6 Å². The summed E-state index contributed by atoms with van der Waals surface area (Å²) in [5.41, 5.74) is 1.51. The summed E-state index contributed by atoms with van der Waals surface area (Å²) in [7, 11) is 0. The molecule has 0 aliphatic rings. The number of nitrogens with one attached hydrogen (secondary N) is 2. The topological polar surface area (TPSA) is 78.5 Å². The predicted molar refractivity (Wildman–Crippen MR) is 124 cm³/mol. The van der Waals surface area contributed by atoms with Gasteiger partial charge in [0.1, 0.15) is 6.04 Å². The van der Waals surface area contributed by atoms with E-state index in [2.05, 4.69) is 10.6 Å². The molecule has 0 aliphatic carbocycles. The Bertz CT molecular complexity index is 912. The third-order valence-electron chi connectivity index (χ3n) is 4.81. The second-order valence-corrected chi connectivity index (χ2v) is 8.08. The molecule has 2 N–H and O–H groups in total. The van der Waals surface area contributed by atoms with Gasteiger partial charge in [-0.05, 0) is 43.5 Å². The van der Waals surface area contributed by atoms with Crippen molar-refractivity contribution in [2.45, 2.75) is 40.2 Å². The SMILES string of the molecule is CCN(CC)C(=O)c1ccc(NC(=O)C(NC(=O)CC(C)C)c2ccccc2)cc1Cl. The van der Waals surface area contributed by atoms with Gasteiger partial charge in [-0.25, -0.2) is 0 Å². The van der Waals surface area contributed by atoms with Crippen LogP contribution in [-0.4, -0.2) is 35.7 Å². The number of rotatable bonds is 9. The van der Waals surface area contributed by atoms with Crippen LogP contribution < -0.4 is 10.6 Å². The predicted octanol–water partition coefficient (Wildman–Crippen LogP) is 4.66. The first-order chi connectivity index (χ1) is 14.8. The molecule has 0 fully saturated rings. The molecule has 2 rings (SSSR count). The third kappa shape index (κ3) is 6.82. The van der Waals surface area contributed by atoms with Crippen molar-refractivity contribution in [2.75, 3.05) is 18.4 Å². The van der Waals surface area contributed by atoms with Crippen molar-refractivity contribution < 1.29 is 14.4 Å². The van der Waals surface area contributed by atoms with Gasteiger partial charge < -0.3 is 15.5 Å². The van der Waals surface area contributed by atoms with Gasteiger partial charge in [-0.15, -0.1) is 0 Å². The van der Waals surface area contributed by atoms with E-state index in [1.165, 1.54) is 0 Å². The molecule has 0 bridgehead atoms. The molecule has 0 saturated heterocycles. The smallest absolute Gasteiger partial charge is 0.255 e. The van der Waals surface area contributed by atoms with E-state index < -0.39 is 6.04 Å². The number of amides is 3. The lowest BCUT2D eigenvalue weighted by Gasteiger charge is -2.21. The van der Waals surface area contributed by atoms with E-state index in [0.717, 1.165) is 0 Å². The number of nitrogens with zero attached hydrogens (tertiary/aromatic N) is 1. The summed E-state index contributed by atoms with van der Waals surface area (Å²) in [4.78, 5) is 39.6. The van der Waals surface area contributed by atoms with Gasteiger partial charge in [-0.1, -0.05) is 55.8 Å². The first-order valence-corrected chi connectivity index (χ1v) is 10.9. The van der Waals surface area contributed by atoms with Crippen LogP contribution in [0.15, 0.2) is 48.5 Å². The standard InChI is InChI=1S/C24H30ClN3O3/c1-5-28(6-2)24(31)19-13-12-18(15-20(19)25)26-23(30)22(17-10-8-7-9-11-17)27-21(29)14-16(3)4/h7-13,15-16,22H,5-6,14H2,1-4H3,(H,26,30)(H,27,29). The number of hydrogen-bond acceptors (Lipinski definition) is 3. The van der Waals surface area contributed by atoms with Gasteiger partial charge in [0.05, 0.1) is 10.6 Å². The fourth-order valence-electron chi connectivity index (χ4n) is 3.20. The van der Waals surface area contributed by atoms with Gasteiger partial charge in [0.25, 0.3) is 11.8 Å². The lowest BCUT2D eigenvalue weighted by molar-refractivity contribution is -0.127. The van der Waals surface area contributed by atoms with E-state index in [1.54, 1.807) is 35.2 Å². The Morgan fingerprint density at radius 1 is 1.00 bits per heavy atom. The van der Waals surface area contributed by atoms with Crippen molar-refractivity contribution in [3.63, 3.8) is 0 Å². The van der Waals surface area contributed by atoms with Gasteiger partial charge in [0.15, 0.2) is 0 Å². The fourth-order valence-corrected chi connectivity index (χ4v) is 3.46. The fraction of sp³-hybridized carbons (Fsp3) is 0.375. The molecule has 3 amide bonds. The van der Waals surface area contributed by atoms with Crippen molar-refractivity contribution in [2.24, 2.45) is 5.92 Å². The van der Waals surface area contributed by atoms with Crippen molar-refractivity contribution in [3.05, 3.63) is 64.7 Å². The van der Waals surface area contributed by atoms with Crippen molar-refractivity contribution in [1.29, 1.82) is 0 Å². The van der Waals surface area contributed by atoms with Crippen LogP contribution in [0.2, 0.25) is 5.02 Å². The molecule has 0 spiro atoms. The molecule has 1 unspecified atom stereocenters. The van der Waals surface area contributed by atoms with Crippen LogP contribution in [0.1, 0.15) is 56.1 Å². The molecule has 6 nitrogen and oxygen atoms in total. The van der Waals surface area contributed by atoms with E-state index in [4.69, 9.17) is 11.6 Å². The highest BCUT2D eigenvalue weighted by Gasteiger charge is 2.24. The monoisotopic (exact) mass is 443 g/mol. The minimum atomic E-state index is -0.844. The molecule has 7 heteroatoms. The van der Waals surface area contributed by atoms with Gasteiger partial charge >= 0.3 is 0 Å². The molecule has 1 atom stereocenters. The maximum absolute atomic E-state index is 13.0. The van der Waals surface area contributed by atoms with E-state index in [0.29, 0.717) is 36.3 Å². The minimum absolute atomic E-state index is 0.156. The zero-order chi connectivity index (χ0) is 23.0. The molecule has 0 heterocycles. The molecule has 31 heavy (non-hydrogen) atoms. The summed E-state index contributed by atoms with van der Waals surface area (Å²) in [6, 6.07) is 13.0. The number of anilines is 1. The highest BCUT2D eigenvalue weighted by atomic mass is 35.5. The van der Waals surface area contributed by atoms with Crippen molar-refractivity contribution in [3.8, 4) is 0 Å². The summed E-state index contributed by atoms with van der Waals surface area (Å²) in [5, 5.41) is 5.87. The minimum Gasteiger partial charge on any atom is -0.341 e. The molecule has 0 radical (unpaired) electrons. The van der Waals surface area contributed by atoms with Gasteiger partial charge in [-0.3, -0.25) is 14.4 Å². The lowest BCUT2D eigenvalue weighted by atomic mass is 10.0. The maximum atomic E-state index is 13.0. The van der Waals surface area contributed by atoms with E-state index in [1.807, 2.05) is 45.9 Å². The first-order valence-electron chi connectivity index (χ1n) is 10.5. The molecule has 0 aromatic heterocycles. The first kappa shape index (κ1) is 24.4. The van der Waals surface area contributed by atoms with Crippen molar-refractivity contribution in [1.82, 2.24) is 10.2 Å². The Balaban J connectivity index is 2.22. The van der Waals surface area contributed by atoms with Crippen LogP contribution in [0.4, 0.5) is 5.69 Å². The summed E-state index contributed by atoms with van der Waals surface area (Å²) in [6.45, 7) is 8.86. The normalized spacial score (nSPS) is 11.7. The number of carbonyl (C=O) groups excluding carboxylic acids is 3. The van der Waals surface area contributed by atoms with Gasteiger partial charge in [-0.2, -0.15) is 0 Å². The average Bonchev–Trinajstić information content (AvgIpc) is 2.73. The second kappa shape index (κ2) is 11.5. The zero-order valence-electron chi connectivity index (χ0n) is 18.4. The largest absolute Gasteiger partial charge is 0.341 e. The molecule has 0 saturated carbocycles. The Hall–Kier alpha value is -2.86. The van der Waals surface area contributed by atoms with Crippen LogP contribution in [0.5, 0.6) is 0 Å². The number of hydrogen-bond donors (Lipinski definition) is 2. The van der Waals surface area contributed by atoms with E-state index in [9.17, 15) is 14.4 Å². The average molecular weight is 444 g/mol. The highest BCUT2D eigenvalue weighted by molar-refractivity contribution is 6.34. The van der Waals surface area contributed by atoms with Crippen LogP contribution in [0.3, 0.4) is 0 Å². The Morgan fingerprint density at radius 3 is 2.19 bits per heavy atom. The lowest BCUT2D eigenvalue weighted by Crippen LogP contribution is -2.37. The third-order valence-corrected chi connectivity index (χ3v) is 5.12. The quantitative estimate of drug-likeness (QED) is 0.591. The maximum Gasteiger partial charge on any atom is 0.255 e. The number of carbonyl (C=O) groups is 3. The number of halogens is 1. The molecule has 2 aromatic carbocycles. The molecule has 166 valence electrons. The molecule has 2 aromatic rings. The highest BCUT2D eigenvalue weighted by Crippen LogP contribution is 2.24. The number of benzene rings is 2. The Morgan fingerprint density at radius 2 is 1.65 bits per heavy atom. The Labute approximate surface area is 189 Å². The van der Waals surface area contributed by atoms with Crippen LogP contribution in [-0.2, 0) is 9.59 Å². The molecular formula is C24H30ClN3O3. The Kier molecular flexibility index (Phi) is 9.06. The molecule has 0 aliphatic heterocycles. The van der Waals surface area contributed by atoms with Gasteiger partial charge in [0, 0.05) is 25.2 Å². The van der Waals surface area contributed by atoms with E-state index in [-0.39, 0.29) is 28.7 Å².